The first-order valence-electron chi connectivity index (χ1n) is 7.86. The van der Waals surface area contributed by atoms with Gasteiger partial charge in [-0.05, 0) is 37.0 Å². The molecule has 0 heterocycles. The second-order valence-corrected chi connectivity index (χ2v) is 5.69. The monoisotopic (exact) mass is 305 g/mol. The molecule has 1 aromatic carbocycles. The van der Waals surface area contributed by atoms with Crippen LogP contribution in [0.15, 0.2) is 24.3 Å². The van der Waals surface area contributed by atoms with Crippen molar-refractivity contribution in [3.05, 3.63) is 29.8 Å². The van der Waals surface area contributed by atoms with E-state index in [1.54, 1.807) is 0 Å². The lowest BCUT2D eigenvalue weighted by Gasteiger charge is -2.11. The van der Waals surface area contributed by atoms with Crippen molar-refractivity contribution < 1.29 is 19.4 Å². The normalized spacial score (nSPS) is 14.7. The number of carboxylic acid groups (broad SMARTS) is 1. The van der Waals surface area contributed by atoms with Crippen LogP contribution in [0.4, 0.5) is 0 Å². The molecule has 0 unspecified atom stereocenters. The van der Waals surface area contributed by atoms with Crippen LogP contribution < -0.4 is 10.1 Å². The molecule has 1 aliphatic carbocycles. The molecule has 1 aliphatic rings. The first-order valence-corrected chi connectivity index (χ1v) is 7.86. The molecule has 0 bridgehead atoms. The zero-order valence-electron chi connectivity index (χ0n) is 12.7. The van der Waals surface area contributed by atoms with Gasteiger partial charge >= 0.3 is 5.97 Å². The molecule has 1 aromatic rings. The lowest BCUT2D eigenvalue weighted by atomic mass is 10.1. The molecule has 1 amide bonds. The molecule has 22 heavy (non-hydrogen) atoms. The quantitative estimate of drug-likeness (QED) is 0.724. The summed E-state index contributed by atoms with van der Waals surface area (Å²) >= 11 is 0. The van der Waals surface area contributed by atoms with Gasteiger partial charge in [0.25, 0.3) is 0 Å². The number of hydrogen-bond acceptors (Lipinski definition) is 3. The fourth-order valence-electron chi connectivity index (χ4n) is 2.64. The molecule has 0 spiro atoms. The van der Waals surface area contributed by atoms with Crippen molar-refractivity contribution in [1.29, 1.82) is 0 Å². The van der Waals surface area contributed by atoms with E-state index in [-0.39, 0.29) is 18.2 Å². The molecule has 0 aromatic heterocycles. The molecule has 0 radical (unpaired) electrons. The molecule has 1 saturated carbocycles. The van der Waals surface area contributed by atoms with Gasteiger partial charge in [0.1, 0.15) is 5.75 Å². The van der Waals surface area contributed by atoms with E-state index in [9.17, 15) is 9.59 Å². The maximum atomic E-state index is 11.9. The SMILES string of the molecule is O=C(O)CCCOc1ccc(CNC(=O)C2CCCC2)cc1. The summed E-state index contributed by atoms with van der Waals surface area (Å²) in [5.74, 6) is 0.261. The Morgan fingerprint density at radius 3 is 2.50 bits per heavy atom. The fourth-order valence-corrected chi connectivity index (χ4v) is 2.64. The first kappa shape index (κ1) is 16.3. The van der Waals surface area contributed by atoms with Crippen LogP contribution in [0.25, 0.3) is 0 Å². The van der Waals surface area contributed by atoms with Gasteiger partial charge < -0.3 is 15.2 Å². The summed E-state index contributed by atoms with van der Waals surface area (Å²) in [5.41, 5.74) is 1.03. The van der Waals surface area contributed by atoms with E-state index in [4.69, 9.17) is 9.84 Å². The largest absolute Gasteiger partial charge is 0.494 e. The number of carbonyl (C=O) groups excluding carboxylic acids is 1. The maximum absolute atomic E-state index is 11.9. The van der Waals surface area contributed by atoms with Gasteiger partial charge in [0, 0.05) is 18.9 Å². The van der Waals surface area contributed by atoms with Gasteiger partial charge in [-0.1, -0.05) is 25.0 Å². The van der Waals surface area contributed by atoms with E-state index in [1.165, 1.54) is 0 Å². The Bertz CT molecular complexity index is 492. The first-order chi connectivity index (χ1) is 10.6. The number of ether oxygens (including phenoxy) is 1. The minimum Gasteiger partial charge on any atom is -0.494 e. The second-order valence-electron chi connectivity index (χ2n) is 5.69. The molecule has 2 N–H and O–H groups in total. The number of aliphatic carboxylic acids is 1. The van der Waals surface area contributed by atoms with Crippen LogP contribution in [0.5, 0.6) is 5.75 Å². The molecule has 0 saturated heterocycles. The Balaban J connectivity index is 1.69. The van der Waals surface area contributed by atoms with Crippen LogP contribution >= 0.6 is 0 Å². The van der Waals surface area contributed by atoms with Crippen LogP contribution in [-0.2, 0) is 16.1 Å². The molecule has 120 valence electrons. The van der Waals surface area contributed by atoms with Crippen LogP contribution in [0, 0.1) is 5.92 Å². The molecule has 5 heteroatoms. The summed E-state index contributed by atoms with van der Waals surface area (Å²) in [7, 11) is 0. The van der Waals surface area contributed by atoms with Crippen LogP contribution in [0.3, 0.4) is 0 Å². The number of nitrogens with one attached hydrogen (secondary N) is 1. The van der Waals surface area contributed by atoms with Gasteiger partial charge in [-0.25, -0.2) is 0 Å². The number of carboxylic acids is 1. The Labute approximate surface area is 130 Å². The predicted octanol–water partition coefficient (Wildman–Crippen LogP) is 2.74. The van der Waals surface area contributed by atoms with Crippen molar-refractivity contribution >= 4 is 11.9 Å². The third-order valence-corrected chi connectivity index (χ3v) is 3.92. The maximum Gasteiger partial charge on any atom is 0.303 e. The highest BCUT2D eigenvalue weighted by molar-refractivity contribution is 5.78. The highest BCUT2D eigenvalue weighted by Crippen LogP contribution is 2.24. The van der Waals surface area contributed by atoms with Gasteiger partial charge in [-0.3, -0.25) is 9.59 Å². The fraction of sp³-hybridized carbons (Fsp3) is 0.529. The predicted molar refractivity (Wildman–Crippen MR) is 82.6 cm³/mol. The Morgan fingerprint density at radius 2 is 1.86 bits per heavy atom. The van der Waals surface area contributed by atoms with E-state index in [1.807, 2.05) is 24.3 Å². The van der Waals surface area contributed by atoms with E-state index >= 15 is 0 Å². The second kappa shape index (κ2) is 8.41. The van der Waals surface area contributed by atoms with Crippen molar-refractivity contribution in [3.63, 3.8) is 0 Å². The zero-order chi connectivity index (χ0) is 15.8. The lowest BCUT2D eigenvalue weighted by molar-refractivity contribution is -0.137. The highest BCUT2D eigenvalue weighted by Gasteiger charge is 2.21. The van der Waals surface area contributed by atoms with Crippen molar-refractivity contribution in [3.8, 4) is 5.75 Å². The summed E-state index contributed by atoms with van der Waals surface area (Å²) in [4.78, 5) is 22.3. The molecule has 5 nitrogen and oxygen atoms in total. The zero-order valence-corrected chi connectivity index (χ0v) is 12.7. The van der Waals surface area contributed by atoms with Gasteiger partial charge in [0.15, 0.2) is 0 Å². The van der Waals surface area contributed by atoms with Crippen molar-refractivity contribution in [1.82, 2.24) is 5.32 Å². The molecule has 0 aliphatic heterocycles. The summed E-state index contributed by atoms with van der Waals surface area (Å²) < 4.78 is 5.47. The molecule has 2 rings (SSSR count). The van der Waals surface area contributed by atoms with Crippen molar-refractivity contribution in [2.24, 2.45) is 5.92 Å². The smallest absolute Gasteiger partial charge is 0.303 e. The highest BCUT2D eigenvalue weighted by atomic mass is 16.5. The van der Waals surface area contributed by atoms with Gasteiger partial charge in [0.05, 0.1) is 6.61 Å². The van der Waals surface area contributed by atoms with E-state index in [0.717, 1.165) is 37.0 Å². The molecular weight excluding hydrogens is 282 g/mol. The van der Waals surface area contributed by atoms with Crippen LogP contribution in [-0.4, -0.2) is 23.6 Å². The standard InChI is InChI=1S/C17H23NO4/c19-16(20)6-3-11-22-15-9-7-13(8-10-15)12-18-17(21)14-4-1-2-5-14/h7-10,14H,1-6,11-12H2,(H,18,21)(H,19,20). The molecule has 0 atom stereocenters. The average molecular weight is 305 g/mol. The summed E-state index contributed by atoms with van der Waals surface area (Å²) in [6.45, 7) is 0.929. The lowest BCUT2D eigenvalue weighted by Crippen LogP contribution is -2.28. The number of carbonyl (C=O) groups is 2. The number of benzene rings is 1. The van der Waals surface area contributed by atoms with Gasteiger partial charge in [0.2, 0.25) is 5.91 Å². The minimum atomic E-state index is -0.808. The van der Waals surface area contributed by atoms with E-state index < -0.39 is 5.97 Å². The average Bonchev–Trinajstić information content (AvgIpc) is 3.04. The van der Waals surface area contributed by atoms with Crippen molar-refractivity contribution in [2.45, 2.75) is 45.1 Å². The summed E-state index contributed by atoms with van der Waals surface area (Å²) in [6, 6.07) is 7.53. The van der Waals surface area contributed by atoms with Crippen molar-refractivity contribution in [2.75, 3.05) is 6.61 Å². The van der Waals surface area contributed by atoms with E-state index in [0.29, 0.717) is 19.6 Å². The third kappa shape index (κ3) is 5.39. The van der Waals surface area contributed by atoms with E-state index in [2.05, 4.69) is 5.32 Å². The summed E-state index contributed by atoms with van der Waals surface area (Å²) in [6.07, 6.45) is 4.95. The number of rotatable bonds is 8. The third-order valence-electron chi connectivity index (χ3n) is 3.92. The number of hydrogen-bond donors (Lipinski definition) is 2. The minimum absolute atomic E-state index is 0.116. The van der Waals surface area contributed by atoms with Crippen LogP contribution in [0.1, 0.15) is 44.1 Å². The Kier molecular flexibility index (Phi) is 6.25. The van der Waals surface area contributed by atoms with Crippen LogP contribution in [0.2, 0.25) is 0 Å². The Hall–Kier alpha value is -2.04. The van der Waals surface area contributed by atoms with Gasteiger partial charge in [-0.15, -0.1) is 0 Å². The number of amides is 1. The van der Waals surface area contributed by atoms with Gasteiger partial charge in [-0.2, -0.15) is 0 Å². The topological polar surface area (TPSA) is 75.6 Å². The summed E-state index contributed by atoms with van der Waals surface area (Å²) in [5, 5.41) is 11.5. The molecular formula is C17H23NO4. The Morgan fingerprint density at radius 1 is 1.18 bits per heavy atom. The molecule has 1 fully saturated rings.